The van der Waals surface area contributed by atoms with Gasteiger partial charge in [-0.2, -0.15) is 0 Å². The second-order valence-electron chi connectivity index (χ2n) is 12.7. The van der Waals surface area contributed by atoms with Gasteiger partial charge in [-0.1, -0.05) is 41.5 Å². The van der Waals surface area contributed by atoms with E-state index in [4.69, 9.17) is 24.5 Å². The topological polar surface area (TPSA) is 267 Å². The van der Waals surface area contributed by atoms with Crippen molar-refractivity contribution in [2.75, 3.05) is 13.7 Å². The van der Waals surface area contributed by atoms with Crippen LogP contribution in [0, 0.1) is 0 Å². The van der Waals surface area contributed by atoms with E-state index in [2.05, 4.69) is 15.3 Å². The summed E-state index contributed by atoms with van der Waals surface area (Å²) in [5.41, 5.74) is 5.39. The monoisotopic (exact) mass is 718 g/mol. The minimum atomic E-state index is -2.35. The molecule has 0 bridgehead atoms. The number of carbonyl (C=O) groups excluding carboxylic acids is 4. The SMILES string of the molecule is COc1cccc2c1C(=O)c1c(O)c3c(c(O)c1C2=O)C[C@@](O)(C(=O)CO)C[C@@H]3O[C@H]1C[C@H](NC(=O)OCc2ccc(N=[N+]=[N-])cc2)[C@H](O)[C@H](C)O1. The van der Waals surface area contributed by atoms with Gasteiger partial charge < -0.3 is 49.8 Å². The molecule has 52 heavy (non-hydrogen) atoms. The highest BCUT2D eigenvalue weighted by molar-refractivity contribution is 6.31. The molecule has 0 radical (unpaired) electrons. The number of methoxy groups -OCH3 is 1. The van der Waals surface area contributed by atoms with E-state index in [1.54, 1.807) is 12.1 Å². The molecular formula is C35H34N4O13. The zero-order chi connectivity index (χ0) is 37.5. The summed E-state index contributed by atoms with van der Waals surface area (Å²) in [6.07, 6.45) is -7.30. The molecule has 1 aliphatic heterocycles. The molecule has 6 atom stereocenters. The summed E-state index contributed by atoms with van der Waals surface area (Å²) in [7, 11) is 1.30. The van der Waals surface area contributed by atoms with E-state index < -0.39 is 102 Å². The largest absolute Gasteiger partial charge is 0.507 e. The molecule has 0 aromatic heterocycles. The van der Waals surface area contributed by atoms with Crippen LogP contribution in [0.25, 0.3) is 10.4 Å². The number of ether oxygens (including phenoxy) is 4. The molecule has 17 nitrogen and oxygen atoms in total. The van der Waals surface area contributed by atoms with Crippen molar-refractivity contribution in [2.45, 2.75) is 69.0 Å². The molecule has 3 aromatic carbocycles. The number of rotatable bonds is 9. The molecule has 1 saturated heterocycles. The number of hydrogen-bond acceptors (Lipinski definition) is 14. The fourth-order valence-corrected chi connectivity index (χ4v) is 6.91. The molecular weight excluding hydrogens is 684 g/mol. The molecule has 272 valence electrons. The van der Waals surface area contributed by atoms with Crippen molar-refractivity contribution in [1.82, 2.24) is 5.32 Å². The van der Waals surface area contributed by atoms with Crippen LogP contribution in [0.5, 0.6) is 17.2 Å². The van der Waals surface area contributed by atoms with Crippen LogP contribution >= 0.6 is 0 Å². The number of hydrogen-bond donors (Lipinski definition) is 6. The van der Waals surface area contributed by atoms with Crippen LogP contribution in [0.1, 0.15) is 74.4 Å². The van der Waals surface area contributed by atoms with Gasteiger partial charge in [0.25, 0.3) is 0 Å². The lowest BCUT2D eigenvalue weighted by molar-refractivity contribution is -0.249. The highest BCUT2D eigenvalue weighted by Crippen LogP contribution is 2.52. The second-order valence-corrected chi connectivity index (χ2v) is 12.7. The minimum Gasteiger partial charge on any atom is -0.507 e. The van der Waals surface area contributed by atoms with Crippen molar-refractivity contribution in [3.8, 4) is 17.2 Å². The average Bonchev–Trinajstić information content (AvgIpc) is 3.13. The third-order valence-corrected chi connectivity index (χ3v) is 9.53. The molecule has 0 spiro atoms. The number of fused-ring (bicyclic) bond motifs is 3. The summed E-state index contributed by atoms with van der Waals surface area (Å²) in [6, 6.07) is 9.55. The number of phenols is 2. The predicted molar refractivity (Wildman–Crippen MR) is 176 cm³/mol. The van der Waals surface area contributed by atoms with Gasteiger partial charge in [-0.15, -0.1) is 0 Å². The first-order chi connectivity index (χ1) is 24.8. The van der Waals surface area contributed by atoms with Gasteiger partial charge in [-0.25, -0.2) is 4.79 Å². The smallest absolute Gasteiger partial charge is 0.407 e. The molecule has 6 N–H and O–H groups in total. The molecule has 1 amide bonds. The van der Waals surface area contributed by atoms with Gasteiger partial charge in [-0.3, -0.25) is 14.4 Å². The molecule has 3 aliphatic rings. The maximum Gasteiger partial charge on any atom is 0.407 e. The zero-order valence-electron chi connectivity index (χ0n) is 27.8. The van der Waals surface area contributed by atoms with Gasteiger partial charge in [0.05, 0.1) is 42.0 Å². The standard InChI is InChI=1S/C35H34N4O13/c1-15-29(42)20(37-34(47)50-14-16-6-8-17(9-7-16)38-39-36)10-24(51-15)52-22-12-35(48,23(41)13-40)11-19-26(22)33(46)28-27(31(19)44)30(43)18-4-3-5-21(49-2)25(18)32(28)45/h3-9,15,20,22,24,29,40,42,44,46,48H,10-14H2,1-2H3,(H,37,47)/t15-,20-,22-,24-,29+,35-/m0/s1. The summed E-state index contributed by atoms with van der Waals surface area (Å²) < 4.78 is 22.6. The van der Waals surface area contributed by atoms with E-state index in [0.29, 0.717) is 11.3 Å². The number of Topliss-reactive ketones (excluding diaryl/α,β-unsaturated/α-hetero) is 1. The van der Waals surface area contributed by atoms with Crippen molar-refractivity contribution in [1.29, 1.82) is 0 Å². The molecule has 1 heterocycles. The van der Waals surface area contributed by atoms with E-state index in [1.165, 1.54) is 44.4 Å². The average molecular weight is 719 g/mol. The van der Waals surface area contributed by atoms with E-state index in [9.17, 15) is 44.7 Å². The van der Waals surface area contributed by atoms with E-state index in [1.807, 2.05) is 0 Å². The van der Waals surface area contributed by atoms with Crippen LogP contribution in [0.15, 0.2) is 47.6 Å². The van der Waals surface area contributed by atoms with Crippen LogP contribution in [-0.2, 0) is 32.0 Å². The first-order valence-corrected chi connectivity index (χ1v) is 16.1. The normalized spacial score (nSPS) is 24.8. The number of nitrogens with one attached hydrogen (secondary N) is 1. The fourth-order valence-electron chi connectivity index (χ4n) is 6.91. The Labute approximate surface area is 294 Å². The van der Waals surface area contributed by atoms with Crippen molar-refractivity contribution in [3.63, 3.8) is 0 Å². The molecule has 0 unspecified atom stereocenters. The fraction of sp³-hybridized carbons (Fsp3) is 0.371. The summed E-state index contributed by atoms with van der Waals surface area (Å²) in [5, 5.41) is 61.3. The molecule has 6 rings (SSSR count). The van der Waals surface area contributed by atoms with Gasteiger partial charge >= 0.3 is 6.09 Å². The van der Waals surface area contributed by atoms with Gasteiger partial charge in [0.15, 0.2) is 17.9 Å². The minimum absolute atomic E-state index is 0.0530. The molecule has 3 aromatic rings. The van der Waals surface area contributed by atoms with Crippen molar-refractivity contribution in [2.24, 2.45) is 5.11 Å². The summed E-state index contributed by atoms with van der Waals surface area (Å²) in [5.74, 6) is -4.14. The summed E-state index contributed by atoms with van der Waals surface area (Å²) in [6.45, 7) is 0.259. The number of nitrogens with zero attached hydrogens (tertiary/aromatic N) is 3. The first-order valence-electron chi connectivity index (χ1n) is 16.1. The van der Waals surface area contributed by atoms with Crippen LogP contribution in [0.4, 0.5) is 10.5 Å². The summed E-state index contributed by atoms with van der Waals surface area (Å²) >= 11 is 0. The van der Waals surface area contributed by atoms with E-state index in [0.717, 1.165) is 0 Å². The lowest BCUT2D eigenvalue weighted by Crippen LogP contribution is -2.56. The number of aromatic hydroxyl groups is 2. The Bertz CT molecular complexity index is 2010. The number of aliphatic hydroxyl groups is 3. The third-order valence-electron chi connectivity index (χ3n) is 9.53. The molecule has 1 fully saturated rings. The van der Waals surface area contributed by atoms with Crippen LogP contribution < -0.4 is 10.1 Å². The third kappa shape index (κ3) is 6.41. The van der Waals surface area contributed by atoms with Gasteiger partial charge in [0.2, 0.25) is 5.78 Å². The maximum absolute atomic E-state index is 13.9. The van der Waals surface area contributed by atoms with Gasteiger partial charge in [-0.05, 0) is 24.1 Å². The van der Waals surface area contributed by atoms with Crippen molar-refractivity contribution < 1.29 is 63.7 Å². The number of amides is 1. The predicted octanol–water partition coefficient (Wildman–Crippen LogP) is 2.91. The summed E-state index contributed by atoms with van der Waals surface area (Å²) in [4.78, 5) is 55.9. The Kier molecular flexibility index (Phi) is 9.92. The number of alkyl carbamates (subject to hydrolysis) is 1. The first kappa shape index (κ1) is 36.2. The second kappa shape index (κ2) is 14.2. The highest BCUT2D eigenvalue weighted by atomic mass is 16.7. The Morgan fingerprint density at radius 1 is 1.08 bits per heavy atom. The van der Waals surface area contributed by atoms with E-state index in [-0.39, 0.29) is 41.0 Å². The van der Waals surface area contributed by atoms with Crippen molar-refractivity contribution in [3.05, 3.63) is 91.9 Å². The Morgan fingerprint density at radius 2 is 1.79 bits per heavy atom. The van der Waals surface area contributed by atoms with Crippen LogP contribution in [0.2, 0.25) is 0 Å². The Morgan fingerprint density at radius 3 is 2.46 bits per heavy atom. The molecule has 0 saturated carbocycles. The zero-order valence-corrected chi connectivity index (χ0v) is 27.8. The number of ketones is 3. The van der Waals surface area contributed by atoms with Crippen molar-refractivity contribution >= 4 is 29.1 Å². The quantitative estimate of drug-likeness (QED) is 0.0630. The number of benzene rings is 3. The van der Waals surface area contributed by atoms with Crippen LogP contribution in [-0.4, -0.2) is 92.8 Å². The lowest BCUT2D eigenvalue weighted by Gasteiger charge is -2.42. The van der Waals surface area contributed by atoms with Gasteiger partial charge in [0, 0.05) is 46.6 Å². The highest BCUT2D eigenvalue weighted by Gasteiger charge is 2.50. The maximum atomic E-state index is 13.9. The number of aliphatic hydroxyl groups excluding tert-OH is 2. The lowest BCUT2D eigenvalue weighted by atomic mass is 9.72. The number of phenolic OH excluding ortho intramolecular Hbond substituents is 2. The van der Waals surface area contributed by atoms with Crippen LogP contribution in [0.3, 0.4) is 0 Å². The Balaban J connectivity index is 1.30. The van der Waals surface area contributed by atoms with Gasteiger partial charge in [0.1, 0.15) is 42.2 Å². The number of azide groups is 1. The Hall–Kier alpha value is -5.55. The molecule has 17 heteroatoms. The van der Waals surface area contributed by atoms with E-state index >= 15 is 0 Å². The number of carbonyl (C=O) groups is 4. The molecule has 2 aliphatic carbocycles.